The molecule has 3 aromatic rings. The van der Waals surface area contributed by atoms with Gasteiger partial charge in [-0.25, -0.2) is 4.98 Å². The molecule has 5 heteroatoms. The van der Waals surface area contributed by atoms with E-state index in [4.69, 9.17) is 16.0 Å². The first-order valence-corrected chi connectivity index (χ1v) is 7.99. The van der Waals surface area contributed by atoms with Crippen LogP contribution in [0.25, 0.3) is 11.1 Å². The maximum Gasteiger partial charge on any atom is 0.261 e. The lowest BCUT2D eigenvalue weighted by Crippen LogP contribution is -2.12. The Hall–Kier alpha value is -1.49. The Morgan fingerprint density at radius 3 is 2.86 bits per heavy atom. The first-order chi connectivity index (χ1) is 10.3. The minimum Gasteiger partial charge on any atom is -0.431 e. The van der Waals surface area contributed by atoms with Crippen LogP contribution >= 0.6 is 23.4 Å². The molecule has 0 radical (unpaired) electrons. The highest BCUT2D eigenvalue weighted by Gasteiger charge is 2.13. The van der Waals surface area contributed by atoms with E-state index in [0.717, 1.165) is 39.7 Å². The molecule has 21 heavy (non-hydrogen) atoms. The molecule has 1 heterocycles. The number of fused-ring (bicyclic) bond motifs is 1. The van der Waals surface area contributed by atoms with Gasteiger partial charge in [0.2, 0.25) is 0 Å². The maximum atomic E-state index is 6.34. The lowest BCUT2D eigenvalue weighted by molar-refractivity contribution is 0.489. The molecule has 0 bridgehead atoms. The van der Waals surface area contributed by atoms with Crippen LogP contribution in [0.15, 0.2) is 57.0 Å². The zero-order valence-corrected chi connectivity index (χ0v) is 13.2. The SMILES string of the molecule is CCNCc1cccc(Cl)c1Sc1nc2ccccc2o1. The molecule has 0 unspecified atom stereocenters. The summed E-state index contributed by atoms with van der Waals surface area (Å²) >= 11 is 7.81. The highest BCUT2D eigenvalue weighted by molar-refractivity contribution is 7.99. The van der Waals surface area contributed by atoms with E-state index in [2.05, 4.69) is 23.3 Å². The van der Waals surface area contributed by atoms with Crippen molar-refractivity contribution in [2.75, 3.05) is 6.54 Å². The molecule has 0 saturated heterocycles. The molecule has 1 aromatic heterocycles. The molecule has 0 saturated carbocycles. The highest BCUT2D eigenvalue weighted by Crippen LogP contribution is 2.36. The van der Waals surface area contributed by atoms with Gasteiger partial charge in [0.05, 0.1) is 5.02 Å². The molecule has 0 aliphatic heterocycles. The minimum atomic E-state index is 0.613. The molecule has 0 aliphatic carbocycles. The molecular weight excluding hydrogens is 304 g/mol. The average molecular weight is 319 g/mol. The third kappa shape index (κ3) is 3.23. The fourth-order valence-corrected chi connectivity index (χ4v) is 3.25. The second-order valence-corrected chi connectivity index (χ2v) is 5.93. The molecule has 0 amide bonds. The van der Waals surface area contributed by atoms with Crippen molar-refractivity contribution in [3.8, 4) is 0 Å². The zero-order chi connectivity index (χ0) is 14.7. The maximum absolute atomic E-state index is 6.34. The van der Waals surface area contributed by atoms with Crippen LogP contribution in [0.3, 0.4) is 0 Å². The number of aromatic nitrogens is 1. The topological polar surface area (TPSA) is 38.1 Å². The molecule has 3 rings (SSSR count). The van der Waals surface area contributed by atoms with Crippen LogP contribution in [0.4, 0.5) is 0 Å². The van der Waals surface area contributed by atoms with Gasteiger partial charge >= 0.3 is 0 Å². The number of nitrogens with one attached hydrogen (secondary N) is 1. The minimum absolute atomic E-state index is 0.613. The fraction of sp³-hybridized carbons (Fsp3) is 0.188. The summed E-state index contributed by atoms with van der Waals surface area (Å²) in [6.07, 6.45) is 0. The van der Waals surface area contributed by atoms with Crippen molar-refractivity contribution in [3.63, 3.8) is 0 Å². The summed E-state index contributed by atoms with van der Waals surface area (Å²) in [6, 6.07) is 13.7. The third-order valence-corrected chi connectivity index (χ3v) is 4.54. The number of halogens is 1. The van der Waals surface area contributed by atoms with Gasteiger partial charge in [0.25, 0.3) is 5.22 Å². The van der Waals surface area contributed by atoms with Crippen LogP contribution in [0.1, 0.15) is 12.5 Å². The summed E-state index contributed by atoms with van der Waals surface area (Å²) in [4.78, 5) is 5.48. The molecule has 0 spiro atoms. The number of benzene rings is 2. The number of para-hydroxylation sites is 2. The van der Waals surface area contributed by atoms with E-state index in [1.54, 1.807) is 0 Å². The molecule has 0 aliphatic rings. The van der Waals surface area contributed by atoms with Gasteiger partial charge in [-0.3, -0.25) is 0 Å². The van der Waals surface area contributed by atoms with E-state index in [9.17, 15) is 0 Å². The number of hydrogen-bond donors (Lipinski definition) is 1. The Labute approximate surface area is 132 Å². The van der Waals surface area contributed by atoms with Crippen molar-refractivity contribution in [2.24, 2.45) is 0 Å². The Morgan fingerprint density at radius 1 is 1.19 bits per heavy atom. The Kier molecular flexibility index (Phi) is 4.48. The largest absolute Gasteiger partial charge is 0.431 e. The lowest BCUT2D eigenvalue weighted by Gasteiger charge is -2.09. The number of oxazole rings is 1. The second-order valence-electron chi connectivity index (χ2n) is 4.56. The monoisotopic (exact) mass is 318 g/mol. The van der Waals surface area contributed by atoms with Gasteiger partial charge in [0.15, 0.2) is 5.58 Å². The van der Waals surface area contributed by atoms with Gasteiger partial charge in [-0.15, -0.1) is 0 Å². The Balaban J connectivity index is 1.93. The smallest absolute Gasteiger partial charge is 0.261 e. The van der Waals surface area contributed by atoms with Crippen LogP contribution in [-0.2, 0) is 6.54 Å². The van der Waals surface area contributed by atoms with Crippen molar-refractivity contribution in [1.29, 1.82) is 0 Å². The molecule has 1 N–H and O–H groups in total. The predicted molar refractivity (Wildman–Crippen MR) is 87.0 cm³/mol. The van der Waals surface area contributed by atoms with E-state index < -0.39 is 0 Å². The standard InChI is InChI=1S/C16H15ClN2OS/c1-2-18-10-11-6-5-7-12(17)15(11)21-16-19-13-8-3-4-9-14(13)20-16/h3-9,18H,2,10H2,1H3. The molecule has 108 valence electrons. The van der Waals surface area contributed by atoms with Crippen molar-refractivity contribution >= 4 is 34.5 Å². The Morgan fingerprint density at radius 2 is 2.05 bits per heavy atom. The van der Waals surface area contributed by atoms with E-state index in [1.165, 1.54) is 11.8 Å². The van der Waals surface area contributed by atoms with Gasteiger partial charge in [-0.1, -0.05) is 42.8 Å². The van der Waals surface area contributed by atoms with Crippen molar-refractivity contribution in [2.45, 2.75) is 23.6 Å². The van der Waals surface area contributed by atoms with Crippen LogP contribution in [0.5, 0.6) is 0 Å². The summed E-state index contributed by atoms with van der Waals surface area (Å²) in [5.41, 5.74) is 2.80. The van der Waals surface area contributed by atoms with E-state index in [-0.39, 0.29) is 0 Å². The van der Waals surface area contributed by atoms with Crippen molar-refractivity contribution < 1.29 is 4.42 Å². The van der Waals surface area contributed by atoms with Crippen LogP contribution in [0, 0.1) is 0 Å². The average Bonchev–Trinajstić information content (AvgIpc) is 2.90. The van der Waals surface area contributed by atoms with E-state index >= 15 is 0 Å². The number of hydrogen-bond acceptors (Lipinski definition) is 4. The predicted octanol–water partition coefficient (Wildman–Crippen LogP) is 4.74. The van der Waals surface area contributed by atoms with Gasteiger partial charge in [-0.05, 0) is 42.1 Å². The summed E-state index contributed by atoms with van der Waals surface area (Å²) in [5, 5.41) is 4.65. The van der Waals surface area contributed by atoms with Gasteiger partial charge < -0.3 is 9.73 Å². The molecule has 0 atom stereocenters. The highest BCUT2D eigenvalue weighted by atomic mass is 35.5. The molecule has 2 aromatic carbocycles. The van der Waals surface area contributed by atoms with Crippen LogP contribution in [-0.4, -0.2) is 11.5 Å². The van der Waals surface area contributed by atoms with Gasteiger partial charge in [0, 0.05) is 11.4 Å². The van der Waals surface area contributed by atoms with Crippen molar-refractivity contribution in [3.05, 3.63) is 53.1 Å². The molecular formula is C16H15ClN2OS. The summed E-state index contributed by atoms with van der Waals surface area (Å²) in [6.45, 7) is 3.78. The van der Waals surface area contributed by atoms with E-state index in [0.29, 0.717) is 5.22 Å². The first kappa shape index (κ1) is 14.4. The van der Waals surface area contributed by atoms with Gasteiger partial charge in [0.1, 0.15) is 5.52 Å². The summed E-state index contributed by atoms with van der Waals surface area (Å²) < 4.78 is 5.76. The molecule has 3 nitrogen and oxygen atoms in total. The van der Waals surface area contributed by atoms with Crippen LogP contribution in [0.2, 0.25) is 5.02 Å². The second kappa shape index (κ2) is 6.52. The van der Waals surface area contributed by atoms with Crippen molar-refractivity contribution in [1.82, 2.24) is 10.3 Å². The van der Waals surface area contributed by atoms with E-state index in [1.807, 2.05) is 36.4 Å². The normalized spacial score (nSPS) is 11.1. The summed E-state index contributed by atoms with van der Waals surface area (Å²) in [5.74, 6) is 0. The third-order valence-electron chi connectivity index (χ3n) is 3.08. The Bertz CT molecular complexity index is 724. The number of nitrogens with zero attached hydrogens (tertiary/aromatic N) is 1. The van der Waals surface area contributed by atoms with Gasteiger partial charge in [-0.2, -0.15) is 0 Å². The van der Waals surface area contributed by atoms with Crippen LogP contribution < -0.4 is 5.32 Å². The first-order valence-electron chi connectivity index (χ1n) is 6.79. The quantitative estimate of drug-likeness (QED) is 0.737. The number of rotatable bonds is 5. The lowest BCUT2D eigenvalue weighted by atomic mass is 10.2. The summed E-state index contributed by atoms with van der Waals surface area (Å²) in [7, 11) is 0. The fourth-order valence-electron chi connectivity index (χ4n) is 2.05. The zero-order valence-electron chi connectivity index (χ0n) is 11.6. The molecule has 0 fully saturated rings.